The number of pyridine rings is 1. The zero-order valence-electron chi connectivity index (χ0n) is 14.4. The van der Waals surface area contributed by atoms with Crippen molar-refractivity contribution in [1.82, 2.24) is 9.55 Å². The first-order valence-corrected chi connectivity index (χ1v) is 7.66. The number of carbonyl (C=O) groups is 2. The molecule has 0 radical (unpaired) electrons. The average Bonchev–Trinajstić information content (AvgIpc) is 3.11. The van der Waals surface area contributed by atoms with Gasteiger partial charge >= 0.3 is 12.1 Å². The Morgan fingerprint density at radius 2 is 1.79 bits per heavy atom. The maximum atomic E-state index is 13.8. The van der Waals surface area contributed by atoms with E-state index in [0.29, 0.717) is 16.6 Å². The van der Waals surface area contributed by atoms with E-state index in [4.69, 9.17) is 21.4 Å². The lowest BCUT2D eigenvalue weighted by molar-refractivity contribution is -0.192. The number of nitrogens with zero attached hydrogens (tertiary/aromatic N) is 3. The standard InChI is InChI=1S/C15H12FN5O.C2HF3O2/c16-11-3-1-2-10-12(4-6-19-13(10)11)21-7-5-9(8-21)14(22)20-15(17)18;3-2(4,5)1(6)7/h1-8H,(H4,17,18,20,22);(H,6,7). The van der Waals surface area contributed by atoms with Crippen LogP contribution in [0.25, 0.3) is 16.6 Å². The van der Waals surface area contributed by atoms with E-state index in [1.807, 2.05) is 0 Å². The summed E-state index contributed by atoms with van der Waals surface area (Å²) in [5.41, 5.74) is 11.7. The molecule has 0 spiro atoms. The largest absolute Gasteiger partial charge is 0.490 e. The number of aliphatic imine (C=N–C) groups is 1. The molecule has 0 fully saturated rings. The van der Waals surface area contributed by atoms with Crippen LogP contribution in [0, 0.1) is 5.82 Å². The molecule has 0 aliphatic rings. The lowest BCUT2D eigenvalue weighted by Gasteiger charge is -2.07. The summed E-state index contributed by atoms with van der Waals surface area (Å²) < 4.78 is 47.2. The fourth-order valence-electron chi connectivity index (χ4n) is 2.21. The van der Waals surface area contributed by atoms with Crippen LogP contribution in [-0.2, 0) is 4.79 Å². The van der Waals surface area contributed by atoms with Gasteiger partial charge < -0.3 is 21.1 Å². The summed E-state index contributed by atoms with van der Waals surface area (Å²) in [5, 5.41) is 7.76. The molecule has 2 aromatic heterocycles. The summed E-state index contributed by atoms with van der Waals surface area (Å²) in [5.74, 6) is -3.99. The monoisotopic (exact) mass is 411 g/mol. The number of amides is 1. The van der Waals surface area contributed by atoms with Crippen molar-refractivity contribution in [2.45, 2.75) is 6.18 Å². The zero-order chi connectivity index (χ0) is 21.8. The van der Waals surface area contributed by atoms with Crippen LogP contribution in [0.15, 0.2) is 53.9 Å². The number of halogens is 4. The number of hydrogen-bond acceptors (Lipinski definition) is 3. The fourth-order valence-corrected chi connectivity index (χ4v) is 2.21. The number of nitrogens with two attached hydrogens (primary N) is 2. The predicted octanol–water partition coefficient (Wildman–Crippen LogP) is 2.21. The summed E-state index contributed by atoms with van der Waals surface area (Å²) in [6, 6.07) is 8.04. The zero-order valence-corrected chi connectivity index (χ0v) is 14.4. The Labute approximate surface area is 160 Å². The van der Waals surface area contributed by atoms with Gasteiger partial charge in [0.2, 0.25) is 0 Å². The van der Waals surface area contributed by atoms with E-state index in [0.717, 1.165) is 0 Å². The molecule has 0 aliphatic carbocycles. The van der Waals surface area contributed by atoms with Crippen molar-refractivity contribution in [3.63, 3.8) is 0 Å². The molecule has 0 aliphatic heterocycles. The molecule has 0 bridgehead atoms. The Morgan fingerprint density at radius 3 is 2.38 bits per heavy atom. The molecule has 1 amide bonds. The molecular formula is C17H13F4N5O3. The Hall–Kier alpha value is -3.96. The van der Waals surface area contributed by atoms with Gasteiger partial charge in [0.15, 0.2) is 5.96 Å². The molecule has 0 saturated carbocycles. The minimum absolute atomic E-state index is 0.269. The van der Waals surface area contributed by atoms with Gasteiger partial charge in [-0.15, -0.1) is 0 Å². The van der Waals surface area contributed by atoms with Crippen molar-refractivity contribution in [2.24, 2.45) is 16.5 Å². The normalized spacial score (nSPS) is 10.8. The highest BCUT2D eigenvalue weighted by molar-refractivity contribution is 6.02. The molecule has 3 aromatic rings. The van der Waals surface area contributed by atoms with Crippen LogP contribution in [0.3, 0.4) is 0 Å². The maximum absolute atomic E-state index is 13.8. The van der Waals surface area contributed by atoms with Gasteiger partial charge in [-0.1, -0.05) is 12.1 Å². The third-order valence-corrected chi connectivity index (χ3v) is 3.39. The molecule has 152 valence electrons. The van der Waals surface area contributed by atoms with Crippen molar-refractivity contribution < 1.29 is 32.3 Å². The fraction of sp³-hybridized carbons (Fsp3) is 0.0588. The van der Waals surface area contributed by atoms with Crippen LogP contribution in [-0.4, -0.2) is 38.7 Å². The Balaban J connectivity index is 0.000000370. The van der Waals surface area contributed by atoms with Crippen molar-refractivity contribution in [3.05, 3.63) is 60.3 Å². The molecule has 1 aromatic carbocycles. The first kappa shape index (κ1) is 21.3. The SMILES string of the molecule is NC(N)=NC(=O)c1ccn(-c2ccnc3c(F)cccc23)c1.O=C(O)C(F)(F)F. The minimum atomic E-state index is -5.08. The lowest BCUT2D eigenvalue weighted by atomic mass is 10.2. The predicted molar refractivity (Wildman–Crippen MR) is 94.9 cm³/mol. The first-order chi connectivity index (χ1) is 13.5. The van der Waals surface area contributed by atoms with Crippen LogP contribution >= 0.6 is 0 Å². The number of carbonyl (C=O) groups excluding carboxylic acids is 1. The van der Waals surface area contributed by atoms with E-state index in [2.05, 4.69) is 9.98 Å². The van der Waals surface area contributed by atoms with Crippen molar-refractivity contribution in [2.75, 3.05) is 0 Å². The smallest absolute Gasteiger partial charge is 0.475 e. The quantitative estimate of drug-likeness (QED) is 0.336. The van der Waals surface area contributed by atoms with Gasteiger partial charge in [-0.05, 0) is 18.2 Å². The number of carboxylic acids is 1. The highest BCUT2D eigenvalue weighted by atomic mass is 19.4. The number of aromatic nitrogens is 2. The van der Waals surface area contributed by atoms with Gasteiger partial charge in [0.05, 0.1) is 11.3 Å². The van der Waals surface area contributed by atoms with Gasteiger partial charge in [0.1, 0.15) is 11.3 Å². The van der Waals surface area contributed by atoms with Crippen molar-refractivity contribution in [1.29, 1.82) is 0 Å². The molecule has 8 nitrogen and oxygen atoms in total. The van der Waals surface area contributed by atoms with Gasteiger partial charge in [0.25, 0.3) is 5.91 Å². The van der Waals surface area contributed by atoms with E-state index >= 15 is 0 Å². The molecular weight excluding hydrogens is 398 g/mol. The highest BCUT2D eigenvalue weighted by Gasteiger charge is 2.38. The second-order valence-corrected chi connectivity index (χ2v) is 5.42. The van der Waals surface area contributed by atoms with Gasteiger partial charge in [-0.2, -0.15) is 18.2 Å². The van der Waals surface area contributed by atoms with E-state index in [9.17, 15) is 22.4 Å². The van der Waals surface area contributed by atoms with Crippen LogP contribution in [0.5, 0.6) is 0 Å². The summed E-state index contributed by atoms with van der Waals surface area (Å²) in [4.78, 5) is 28.2. The van der Waals surface area contributed by atoms with Gasteiger partial charge in [0, 0.05) is 24.0 Å². The number of guanidine groups is 1. The number of alkyl halides is 3. The average molecular weight is 411 g/mol. The highest BCUT2D eigenvalue weighted by Crippen LogP contribution is 2.23. The molecule has 0 atom stereocenters. The summed E-state index contributed by atoms with van der Waals surface area (Å²) >= 11 is 0. The third kappa shape index (κ3) is 5.28. The Bertz CT molecular complexity index is 1090. The summed E-state index contributed by atoms with van der Waals surface area (Å²) in [6.45, 7) is 0. The number of aliphatic carboxylic acids is 1. The number of hydrogen-bond donors (Lipinski definition) is 3. The molecule has 0 saturated heterocycles. The minimum Gasteiger partial charge on any atom is -0.475 e. The second-order valence-electron chi connectivity index (χ2n) is 5.42. The lowest BCUT2D eigenvalue weighted by Crippen LogP contribution is -2.24. The third-order valence-electron chi connectivity index (χ3n) is 3.39. The molecule has 0 unspecified atom stereocenters. The maximum Gasteiger partial charge on any atom is 0.490 e. The van der Waals surface area contributed by atoms with Crippen LogP contribution in [0.4, 0.5) is 17.6 Å². The Kier molecular flexibility index (Phi) is 6.16. The Morgan fingerprint density at radius 1 is 1.14 bits per heavy atom. The number of para-hydroxylation sites is 1. The molecule has 29 heavy (non-hydrogen) atoms. The molecule has 5 N–H and O–H groups in total. The topological polar surface area (TPSA) is 137 Å². The number of fused-ring (bicyclic) bond motifs is 1. The van der Waals surface area contributed by atoms with E-state index < -0.39 is 23.9 Å². The van der Waals surface area contributed by atoms with E-state index in [1.165, 1.54) is 12.3 Å². The molecule has 2 heterocycles. The number of carboxylic acid groups (broad SMARTS) is 1. The van der Waals surface area contributed by atoms with Crippen LogP contribution in [0.1, 0.15) is 10.4 Å². The first-order valence-electron chi connectivity index (χ1n) is 7.66. The van der Waals surface area contributed by atoms with E-state index in [-0.39, 0.29) is 11.5 Å². The van der Waals surface area contributed by atoms with Gasteiger partial charge in [-0.25, -0.2) is 9.18 Å². The summed E-state index contributed by atoms with van der Waals surface area (Å²) in [6.07, 6.45) is -0.318. The van der Waals surface area contributed by atoms with Crippen LogP contribution < -0.4 is 11.5 Å². The number of rotatable bonds is 2. The van der Waals surface area contributed by atoms with Crippen molar-refractivity contribution >= 4 is 28.7 Å². The van der Waals surface area contributed by atoms with Gasteiger partial charge in [-0.3, -0.25) is 9.78 Å². The molecule has 3 rings (SSSR count). The van der Waals surface area contributed by atoms with Crippen molar-refractivity contribution in [3.8, 4) is 5.69 Å². The van der Waals surface area contributed by atoms with Crippen LogP contribution in [0.2, 0.25) is 0 Å². The number of benzene rings is 1. The molecule has 12 heteroatoms. The second kappa shape index (κ2) is 8.37. The summed E-state index contributed by atoms with van der Waals surface area (Å²) in [7, 11) is 0. The van der Waals surface area contributed by atoms with E-state index in [1.54, 1.807) is 41.2 Å².